The van der Waals surface area contributed by atoms with Crippen molar-refractivity contribution in [2.45, 2.75) is 12.3 Å². The van der Waals surface area contributed by atoms with Gasteiger partial charge in [0.2, 0.25) is 5.91 Å². The van der Waals surface area contributed by atoms with Crippen LogP contribution in [0.25, 0.3) is 22.2 Å². The number of imidazole rings is 1. The highest BCUT2D eigenvalue weighted by molar-refractivity contribution is 5.95. The summed E-state index contributed by atoms with van der Waals surface area (Å²) in [5, 5.41) is 2.95. The predicted molar refractivity (Wildman–Crippen MR) is 103 cm³/mol. The maximum Gasteiger partial charge on any atom is 0.228 e. The van der Waals surface area contributed by atoms with Gasteiger partial charge in [0.1, 0.15) is 18.0 Å². The number of hydrogen-bond donors (Lipinski definition) is 2. The van der Waals surface area contributed by atoms with Crippen LogP contribution in [0.4, 0.5) is 10.1 Å². The molecule has 1 amide bonds. The van der Waals surface area contributed by atoms with Crippen LogP contribution in [0.3, 0.4) is 0 Å². The molecule has 6 nitrogen and oxygen atoms in total. The maximum absolute atomic E-state index is 13.3. The first-order chi connectivity index (χ1) is 13.7. The number of aromatic nitrogens is 4. The number of rotatable bonds is 4. The molecular formula is C21H16FN5O. The summed E-state index contributed by atoms with van der Waals surface area (Å²) in [6, 6.07) is 12.0. The van der Waals surface area contributed by atoms with E-state index in [1.54, 1.807) is 18.5 Å². The van der Waals surface area contributed by atoms with Crippen molar-refractivity contribution in [3.63, 3.8) is 0 Å². The summed E-state index contributed by atoms with van der Waals surface area (Å²) in [6.07, 6.45) is 5.71. The van der Waals surface area contributed by atoms with Gasteiger partial charge in [0.05, 0.1) is 11.0 Å². The number of carbonyl (C=O) groups excluding carboxylic acids is 1. The Bertz CT molecular complexity index is 1160. The SMILES string of the molecule is O=C(Nc1ccc(-c2cncnc2)cc1)[C@@H]1C[C@H]1c1nc2ccc(F)cc2[nH]1. The molecule has 2 atom stereocenters. The molecule has 7 heteroatoms. The van der Waals surface area contributed by atoms with E-state index in [1.807, 2.05) is 24.3 Å². The van der Waals surface area contributed by atoms with Crippen molar-refractivity contribution in [3.8, 4) is 11.1 Å². The minimum atomic E-state index is -0.307. The van der Waals surface area contributed by atoms with Gasteiger partial charge in [-0.2, -0.15) is 0 Å². The van der Waals surface area contributed by atoms with Crippen LogP contribution >= 0.6 is 0 Å². The molecule has 1 aliphatic rings. The van der Waals surface area contributed by atoms with E-state index in [1.165, 1.54) is 18.5 Å². The van der Waals surface area contributed by atoms with Gasteiger partial charge >= 0.3 is 0 Å². The topological polar surface area (TPSA) is 83.6 Å². The standard InChI is InChI=1S/C21H16FN5O/c22-14-3-6-18-19(7-14)27-20(26-18)16-8-17(16)21(28)25-15-4-1-12(2-5-15)13-9-23-11-24-10-13/h1-7,9-11,16-17H,8H2,(H,25,28)(H,26,27)/t16-,17-/m1/s1. The molecule has 2 heterocycles. The van der Waals surface area contributed by atoms with Crippen molar-refractivity contribution in [2.75, 3.05) is 5.32 Å². The number of aromatic amines is 1. The molecule has 138 valence electrons. The minimum Gasteiger partial charge on any atom is -0.342 e. The Morgan fingerprint density at radius 3 is 2.64 bits per heavy atom. The van der Waals surface area contributed by atoms with Crippen LogP contribution < -0.4 is 5.32 Å². The number of nitrogens with zero attached hydrogens (tertiary/aromatic N) is 3. The number of halogens is 1. The Balaban J connectivity index is 1.26. The molecule has 0 unspecified atom stereocenters. The van der Waals surface area contributed by atoms with E-state index in [0.29, 0.717) is 11.0 Å². The minimum absolute atomic E-state index is 0.0348. The number of hydrogen-bond acceptors (Lipinski definition) is 4. The molecule has 2 N–H and O–H groups in total. The van der Waals surface area contributed by atoms with Crippen LogP contribution in [-0.2, 0) is 4.79 Å². The summed E-state index contributed by atoms with van der Waals surface area (Å²) in [4.78, 5) is 28.2. The normalized spacial score (nSPS) is 18.2. The molecule has 0 saturated heterocycles. The van der Waals surface area contributed by atoms with Crippen LogP contribution in [0, 0.1) is 11.7 Å². The van der Waals surface area contributed by atoms with E-state index in [-0.39, 0.29) is 23.6 Å². The van der Waals surface area contributed by atoms with Crippen molar-refractivity contribution in [1.82, 2.24) is 19.9 Å². The molecular weight excluding hydrogens is 357 g/mol. The molecule has 0 spiro atoms. The van der Waals surface area contributed by atoms with Crippen LogP contribution in [0.2, 0.25) is 0 Å². The second-order valence-electron chi connectivity index (χ2n) is 6.93. The summed E-state index contributed by atoms with van der Waals surface area (Å²) in [6.45, 7) is 0. The molecule has 1 saturated carbocycles. The average Bonchev–Trinajstić information content (AvgIpc) is 3.42. The van der Waals surface area contributed by atoms with Crippen molar-refractivity contribution >= 4 is 22.6 Å². The molecule has 0 aliphatic heterocycles. The van der Waals surface area contributed by atoms with Crippen molar-refractivity contribution in [2.24, 2.45) is 5.92 Å². The van der Waals surface area contributed by atoms with Gasteiger partial charge < -0.3 is 10.3 Å². The Morgan fingerprint density at radius 2 is 1.86 bits per heavy atom. The largest absolute Gasteiger partial charge is 0.342 e. The zero-order chi connectivity index (χ0) is 19.1. The van der Waals surface area contributed by atoms with E-state index in [0.717, 1.165) is 29.1 Å². The first-order valence-corrected chi connectivity index (χ1v) is 8.99. The highest BCUT2D eigenvalue weighted by Crippen LogP contribution is 2.47. The van der Waals surface area contributed by atoms with Gasteiger partial charge in [0.25, 0.3) is 0 Å². The highest BCUT2D eigenvalue weighted by atomic mass is 19.1. The van der Waals surface area contributed by atoms with E-state index in [4.69, 9.17) is 0 Å². The van der Waals surface area contributed by atoms with E-state index in [9.17, 15) is 9.18 Å². The highest BCUT2D eigenvalue weighted by Gasteiger charge is 2.46. The van der Waals surface area contributed by atoms with Crippen LogP contribution in [-0.4, -0.2) is 25.8 Å². The van der Waals surface area contributed by atoms with Crippen LogP contribution in [0.15, 0.2) is 61.2 Å². The summed E-state index contributed by atoms with van der Waals surface area (Å²) < 4.78 is 13.3. The third-order valence-corrected chi connectivity index (χ3v) is 4.99. The molecule has 5 rings (SSSR count). The second kappa shape index (κ2) is 6.53. The van der Waals surface area contributed by atoms with Gasteiger partial charge in [0, 0.05) is 35.5 Å². The fourth-order valence-electron chi connectivity index (χ4n) is 3.39. The lowest BCUT2D eigenvalue weighted by Crippen LogP contribution is -2.14. The molecule has 4 aromatic rings. The Morgan fingerprint density at radius 1 is 1.07 bits per heavy atom. The van der Waals surface area contributed by atoms with Gasteiger partial charge in [-0.25, -0.2) is 19.3 Å². The zero-order valence-corrected chi connectivity index (χ0v) is 14.8. The predicted octanol–water partition coefficient (Wildman–Crippen LogP) is 3.90. The van der Waals surface area contributed by atoms with Crippen LogP contribution in [0.5, 0.6) is 0 Å². The molecule has 2 aromatic heterocycles. The number of carbonyl (C=O) groups is 1. The Labute approximate surface area is 159 Å². The number of amides is 1. The first-order valence-electron chi connectivity index (χ1n) is 8.99. The second-order valence-corrected chi connectivity index (χ2v) is 6.93. The lowest BCUT2D eigenvalue weighted by molar-refractivity contribution is -0.117. The summed E-state index contributed by atoms with van der Waals surface area (Å²) in [7, 11) is 0. The van der Waals surface area contributed by atoms with Crippen LogP contribution in [0.1, 0.15) is 18.2 Å². The number of fused-ring (bicyclic) bond motifs is 1. The van der Waals surface area contributed by atoms with Crippen molar-refractivity contribution in [3.05, 3.63) is 72.8 Å². The number of anilines is 1. The fourth-order valence-corrected chi connectivity index (χ4v) is 3.39. The first kappa shape index (κ1) is 16.6. The fraction of sp³-hybridized carbons (Fsp3) is 0.143. The van der Waals surface area contributed by atoms with Crippen molar-refractivity contribution in [1.29, 1.82) is 0 Å². The van der Waals surface area contributed by atoms with Gasteiger partial charge in [-0.05, 0) is 42.3 Å². The smallest absolute Gasteiger partial charge is 0.228 e. The molecule has 1 fully saturated rings. The van der Waals surface area contributed by atoms with Gasteiger partial charge in [0.15, 0.2) is 0 Å². The van der Waals surface area contributed by atoms with E-state index < -0.39 is 0 Å². The van der Waals surface area contributed by atoms with Gasteiger partial charge in [-0.3, -0.25) is 4.79 Å². The summed E-state index contributed by atoms with van der Waals surface area (Å²) in [5.41, 5.74) is 4.01. The molecule has 0 radical (unpaired) electrons. The summed E-state index contributed by atoms with van der Waals surface area (Å²) in [5.74, 6) is 0.301. The van der Waals surface area contributed by atoms with Crippen molar-refractivity contribution < 1.29 is 9.18 Å². The molecule has 28 heavy (non-hydrogen) atoms. The lowest BCUT2D eigenvalue weighted by atomic mass is 10.1. The Kier molecular flexibility index (Phi) is 3.86. The molecule has 1 aliphatic carbocycles. The zero-order valence-electron chi connectivity index (χ0n) is 14.8. The number of nitrogens with one attached hydrogen (secondary N) is 2. The average molecular weight is 373 g/mol. The maximum atomic E-state index is 13.3. The lowest BCUT2D eigenvalue weighted by Gasteiger charge is -2.06. The quantitative estimate of drug-likeness (QED) is 0.568. The molecule has 2 aromatic carbocycles. The number of H-pyrrole nitrogens is 1. The van der Waals surface area contributed by atoms with E-state index >= 15 is 0 Å². The third kappa shape index (κ3) is 3.11. The van der Waals surface area contributed by atoms with Gasteiger partial charge in [-0.15, -0.1) is 0 Å². The third-order valence-electron chi connectivity index (χ3n) is 4.99. The van der Waals surface area contributed by atoms with E-state index in [2.05, 4.69) is 25.3 Å². The molecule has 0 bridgehead atoms. The summed E-state index contributed by atoms with van der Waals surface area (Å²) >= 11 is 0. The Hall–Kier alpha value is -3.61. The number of benzene rings is 2. The monoisotopic (exact) mass is 373 g/mol. The van der Waals surface area contributed by atoms with Gasteiger partial charge in [-0.1, -0.05) is 12.1 Å².